The van der Waals surface area contributed by atoms with Gasteiger partial charge in [0.15, 0.2) is 0 Å². The third kappa shape index (κ3) is 3.91. The number of para-hydroxylation sites is 1. The van der Waals surface area contributed by atoms with Gasteiger partial charge in [-0.15, -0.1) is 0 Å². The van der Waals surface area contributed by atoms with E-state index in [1.165, 1.54) is 13.3 Å². The summed E-state index contributed by atoms with van der Waals surface area (Å²) >= 11 is 3.14. The molecule has 0 fully saturated rings. The SMILES string of the molecule is COC(=O)C(Br)CNC(=O)c1cnn(-c2ccccc2)c1. The Morgan fingerprint density at radius 2 is 2.10 bits per heavy atom. The Bertz CT molecular complexity index is 627. The highest BCUT2D eigenvalue weighted by atomic mass is 79.9. The lowest BCUT2D eigenvalue weighted by molar-refractivity contribution is -0.139. The Hall–Kier alpha value is -2.15. The van der Waals surface area contributed by atoms with E-state index in [9.17, 15) is 9.59 Å². The maximum Gasteiger partial charge on any atom is 0.321 e. The van der Waals surface area contributed by atoms with Gasteiger partial charge in [-0.3, -0.25) is 9.59 Å². The first kappa shape index (κ1) is 15.2. The highest BCUT2D eigenvalue weighted by Crippen LogP contribution is 2.08. The third-order valence-electron chi connectivity index (χ3n) is 2.76. The van der Waals surface area contributed by atoms with E-state index in [0.717, 1.165) is 5.69 Å². The van der Waals surface area contributed by atoms with Gasteiger partial charge in [0.05, 0.1) is 24.6 Å². The summed E-state index contributed by atoms with van der Waals surface area (Å²) in [6.07, 6.45) is 3.11. The number of carbonyl (C=O) groups is 2. The summed E-state index contributed by atoms with van der Waals surface area (Å²) in [5.41, 5.74) is 1.29. The van der Waals surface area contributed by atoms with E-state index in [2.05, 4.69) is 31.1 Å². The molecule has 21 heavy (non-hydrogen) atoms. The van der Waals surface area contributed by atoms with Gasteiger partial charge in [0, 0.05) is 12.7 Å². The number of hydrogen-bond donors (Lipinski definition) is 1. The first-order chi connectivity index (χ1) is 10.1. The summed E-state index contributed by atoms with van der Waals surface area (Å²) in [6, 6.07) is 9.47. The molecule has 1 heterocycles. The minimum atomic E-state index is -0.574. The Kier molecular flexibility index (Phi) is 5.10. The van der Waals surface area contributed by atoms with E-state index in [1.807, 2.05) is 30.3 Å². The second-order valence-electron chi connectivity index (χ2n) is 4.21. The summed E-state index contributed by atoms with van der Waals surface area (Å²) in [7, 11) is 1.29. The Morgan fingerprint density at radius 3 is 2.76 bits per heavy atom. The lowest BCUT2D eigenvalue weighted by Gasteiger charge is -2.08. The monoisotopic (exact) mass is 351 g/mol. The number of methoxy groups -OCH3 is 1. The molecule has 2 rings (SSSR count). The van der Waals surface area contributed by atoms with Crippen molar-refractivity contribution in [2.75, 3.05) is 13.7 Å². The molecule has 1 aromatic carbocycles. The molecule has 0 spiro atoms. The second-order valence-corrected chi connectivity index (χ2v) is 5.32. The molecule has 1 atom stereocenters. The Morgan fingerprint density at radius 1 is 1.38 bits per heavy atom. The number of hydrogen-bond acceptors (Lipinski definition) is 4. The van der Waals surface area contributed by atoms with Gasteiger partial charge in [0.1, 0.15) is 4.83 Å². The molecular formula is C14H14BrN3O3. The van der Waals surface area contributed by atoms with Crippen LogP contribution < -0.4 is 5.32 Å². The molecule has 0 radical (unpaired) electrons. The van der Waals surface area contributed by atoms with Crippen LogP contribution in [0.5, 0.6) is 0 Å². The minimum Gasteiger partial charge on any atom is -0.468 e. The van der Waals surface area contributed by atoms with E-state index in [1.54, 1.807) is 10.9 Å². The predicted molar refractivity (Wildman–Crippen MR) is 80.6 cm³/mol. The molecule has 1 aromatic heterocycles. The topological polar surface area (TPSA) is 73.2 Å². The van der Waals surface area contributed by atoms with Gasteiger partial charge in [-0.05, 0) is 12.1 Å². The number of ether oxygens (including phenoxy) is 1. The number of nitrogens with one attached hydrogen (secondary N) is 1. The molecule has 0 saturated heterocycles. The standard InChI is InChI=1S/C14H14BrN3O3/c1-21-14(20)12(15)8-16-13(19)10-7-17-18(9-10)11-5-3-2-4-6-11/h2-7,9,12H,8H2,1H3,(H,16,19). The van der Waals surface area contributed by atoms with Crippen molar-refractivity contribution in [1.82, 2.24) is 15.1 Å². The highest BCUT2D eigenvalue weighted by molar-refractivity contribution is 9.10. The lowest BCUT2D eigenvalue weighted by Crippen LogP contribution is -2.33. The summed E-state index contributed by atoms with van der Waals surface area (Å²) in [5, 5.41) is 6.78. The zero-order valence-corrected chi connectivity index (χ0v) is 12.9. The van der Waals surface area contributed by atoms with Gasteiger partial charge < -0.3 is 10.1 Å². The van der Waals surface area contributed by atoms with Crippen molar-refractivity contribution in [3.63, 3.8) is 0 Å². The predicted octanol–water partition coefficient (Wildman–Crippen LogP) is 1.54. The number of aromatic nitrogens is 2. The Labute approximate surface area is 130 Å². The Balaban J connectivity index is 1.98. The van der Waals surface area contributed by atoms with Crippen LogP contribution >= 0.6 is 15.9 Å². The molecule has 1 unspecified atom stereocenters. The molecule has 0 saturated carbocycles. The summed E-state index contributed by atoms with van der Waals surface area (Å²) in [5.74, 6) is -0.735. The van der Waals surface area contributed by atoms with E-state index in [0.29, 0.717) is 5.56 Å². The summed E-state index contributed by atoms with van der Waals surface area (Å²) in [6.45, 7) is 0.141. The smallest absolute Gasteiger partial charge is 0.321 e. The first-order valence-corrected chi connectivity index (χ1v) is 7.13. The molecule has 110 valence electrons. The normalized spacial score (nSPS) is 11.7. The minimum absolute atomic E-state index is 0.141. The van der Waals surface area contributed by atoms with Crippen molar-refractivity contribution in [1.29, 1.82) is 0 Å². The number of amides is 1. The van der Waals surface area contributed by atoms with E-state index in [4.69, 9.17) is 0 Å². The van der Waals surface area contributed by atoms with Crippen LogP contribution in [0.15, 0.2) is 42.7 Å². The van der Waals surface area contributed by atoms with E-state index >= 15 is 0 Å². The molecule has 1 amide bonds. The molecule has 0 aliphatic heterocycles. The first-order valence-electron chi connectivity index (χ1n) is 6.22. The zero-order chi connectivity index (χ0) is 15.2. The maximum absolute atomic E-state index is 12.0. The van der Waals surface area contributed by atoms with Gasteiger partial charge in [0.25, 0.3) is 5.91 Å². The van der Waals surface area contributed by atoms with Crippen molar-refractivity contribution in [3.05, 3.63) is 48.3 Å². The van der Waals surface area contributed by atoms with E-state index in [-0.39, 0.29) is 12.5 Å². The van der Waals surface area contributed by atoms with Gasteiger partial charge in [-0.1, -0.05) is 34.1 Å². The van der Waals surface area contributed by atoms with Crippen molar-refractivity contribution in [2.24, 2.45) is 0 Å². The average Bonchev–Trinajstić information content (AvgIpc) is 3.02. The maximum atomic E-state index is 12.0. The van der Waals surface area contributed by atoms with Crippen LogP contribution in [0.25, 0.3) is 5.69 Å². The summed E-state index contributed by atoms with van der Waals surface area (Å²) < 4.78 is 6.17. The van der Waals surface area contributed by atoms with E-state index < -0.39 is 10.8 Å². The summed E-state index contributed by atoms with van der Waals surface area (Å²) in [4.78, 5) is 22.6. The molecule has 7 heteroatoms. The number of esters is 1. The van der Waals surface area contributed by atoms with Crippen LogP contribution in [0.4, 0.5) is 0 Å². The van der Waals surface area contributed by atoms with Crippen LogP contribution in [0.1, 0.15) is 10.4 Å². The fraction of sp³-hybridized carbons (Fsp3) is 0.214. The number of alkyl halides is 1. The number of halogens is 1. The second kappa shape index (κ2) is 7.03. The van der Waals surface area contributed by atoms with Crippen molar-refractivity contribution in [3.8, 4) is 5.69 Å². The largest absolute Gasteiger partial charge is 0.468 e. The van der Waals surface area contributed by atoms with Gasteiger partial charge >= 0.3 is 5.97 Å². The van der Waals surface area contributed by atoms with Gasteiger partial charge in [-0.25, -0.2) is 4.68 Å². The van der Waals surface area contributed by atoms with Crippen LogP contribution in [-0.2, 0) is 9.53 Å². The van der Waals surface area contributed by atoms with Gasteiger partial charge in [-0.2, -0.15) is 5.10 Å². The molecule has 1 N–H and O–H groups in total. The molecule has 0 bridgehead atoms. The molecule has 0 aliphatic carbocycles. The number of rotatable bonds is 5. The van der Waals surface area contributed by atoms with Crippen molar-refractivity contribution < 1.29 is 14.3 Å². The van der Waals surface area contributed by atoms with Crippen LogP contribution in [0, 0.1) is 0 Å². The third-order valence-corrected chi connectivity index (χ3v) is 3.46. The van der Waals surface area contributed by atoms with Crippen LogP contribution in [-0.4, -0.2) is 40.1 Å². The van der Waals surface area contributed by atoms with Gasteiger partial charge in [0.2, 0.25) is 0 Å². The lowest BCUT2D eigenvalue weighted by atomic mass is 10.3. The molecule has 6 nitrogen and oxygen atoms in total. The quantitative estimate of drug-likeness (QED) is 0.655. The van der Waals surface area contributed by atoms with Crippen molar-refractivity contribution >= 4 is 27.8 Å². The zero-order valence-electron chi connectivity index (χ0n) is 11.3. The fourth-order valence-corrected chi connectivity index (χ4v) is 2.01. The number of nitrogens with zero attached hydrogens (tertiary/aromatic N) is 2. The number of carbonyl (C=O) groups excluding carboxylic acids is 2. The van der Waals surface area contributed by atoms with Crippen molar-refractivity contribution in [2.45, 2.75) is 4.83 Å². The molecule has 0 aliphatic rings. The van der Waals surface area contributed by atoms with Crippen LogP contribution in [0.3, 0.4) is 0 Å². The molecule has 2 aromatic rings. The fourth-order valence-electron chi connectivity index (χ4n) is 1.66. The number of benzene rings is 1. The molecular weight excluding hydrogens is 338 g/mol. The highest BCUT2D eigenvalue weighted by Gasteiger charge is 2.17. The van der Waals surface area contributed by atoms with Crippen LogP contribution in [0.2, 0.25) is 0 Å². The average molecular weight is 352 g/mol.